The lowest BCUT2D eigenvalue weighted by Gasteiger charge is -2.30. The van der Waals surface area contributed by atoms with Crippen molar-refractivity contribution in [2.45, 2.75) is 58.7 Å². The van der Waals surface area contributed by atoms with Gasteiger partial charge in [-0.15, -0.1) is 0 Å². The summed E-state index contributed by atoms with van der Waals surface area (Å²) in [5.41, 5.74) is -0.467. The Morgan fingerprint density at radius 1 is 0.947 bits per heavy atom. The number of methoxy groups -OCH3 is 1. The molecule has 0 fully saturated rings. The number of aliphatic hydroxyl groups excluding tert-OH is 1. The lowest BCUT2D eigenvalue weighted by Crippen LogP contribution is -2.32. The number of rotatable bonds is 11. The van der Waals surface area contributed by atoms with Crippen LogP contribution in [-0.4, -0.2) is 49.8 Å². The predicted octanol–water partition coefficient (Wildman–Crippen LogP) is 2.63. The highest BCUT2D eigenvalue weighted by molar-refractivity contribution is 4.72. The van der Waals surface area contributed by atoms with E-state index in [1.807, 2.05) is 13.8 Å². The lowest BCUT2D eigenvalue weighted by atomic mass is 10.0. The minimum Gasteiger partial charge on any atom is -0.396 e. The van der Waals surface area contributed by atoms with Crippen molar-refractivity contribution in [2.75, 3.05) is 33.5 Å². The van der Waals surface area contributed by atoms with Crippen molar-refractivity contribution >= 4 is 0 Å². The molecule has 0 spiro atoms. The Morgan fingerprint density at radius 2 is 1.53 bits per heavy atom. The zero-order valence-electron chi connectivity index (χ0n) is 13.5. The highest BCUT2D eigenvalue weighted by Gasteiger charge is 2.23. The van der Waals surface area contributed by atoms with Crippen LogP contribution in [-0.2, 0) is 14.2 Å². The number of hydrogen-bond donors (Lipinski definition) is 1. The SMILES string of the molecule is COCC(C)COC(C)(C)CCOC(C)(C)CCO. The second-order valence-corrected chi connectivity index (χ2v) is 6.46. The van der Waals surface area contributed by atoms with Crippen molar-refractivity contribution in [1.82, 2.24) is 0 Å². The fourth-order valence-electron chi connectivity index (χ4n) is 1.69. The smallest absolute Gasteiger partial charge is 0.0648 e. The average Bonchev–Trinajstić information content (AvgIpc) is 2.26. The van der Waals surface area contributed by atoms with Crippen LogP contribution in [0.25, 0.3) is 0 Å². The quantitative estimate of drug-likeness (QED) is 0.630. The molecule has 0 bridgehead atoms. The minimum absolute atomic E-state index is 0.154. The molecule has 116 valence electrons. The Morgan fingerprint density at radius 3 is 2.05 bits per heavy atom. The van der Waals surface area contributed by atoms with Gasteiger partial charge in [-0.2, -0.15) is 0 Å². The molecule has 0 aromatic carbocycles. The average molecular weight is 276 g/mol. The molecule has 0 saturated carbocycles. The molecule has 1 atom stereocenters. The Hall–Kier alpha value is -0.160. The molecule has 0 radical (unpaired) electrons. The monoisotopic (exact) mass is 276 g/mol. The maximum Gasteiger partial charge on any atom is 0.0648 e. The molecule has 1 N–H and O–H groups in total. The number of hydrogen-bond acceptors (Lipinski definition) is 4. The van der Waals surface area contributed by atoms with E-state index in [1.54, 1.807) is 7.11 Å². The van der Waals surface area contributed by atoms with Gasteiger partial charge in [-0.05, 0) is 40.5 Å². The van der Waals surface area contributed by atoms with Gasteiger partial charge in [0.1, 0.15) is 0 Å². The van der Waals surface area contributed by atoms with Crippen molar-refractivity contribution in [3.8, 4) is 0 Å². The molecule has 0 saturated heterocycles. The summed E-state index contributed by atoms with van der Waals surface area (Å²) in [5.74, 6) is 0.399. The van der Waals surface area contributed by atoms with E-state index in [0.29, 0.717) is 25.6 Å². The summed E-state index contributed by atoms with van der Waals surface area (Å²) in [7, 11) is 1.71. The van der Waals surface area contributed by atoms with E-state index in [0.717, 1.165) is 13.0 Å². The van der Waals surface area contributed by atoms with Crippen LogP contribution in [0.1, 0.15) is 47.5 Å². The second-order valence-electron chi connectivity index (χ2n) is 6.46. The molecule has 0 aliphatic rings. The van der Waals surface area contributed by atoms with Gasteiger partial charge in [0.25, 0.3) is 0 Å². The van der Waals surface area contributed by atoms with Gasteiger partial charge < -0.3 is 19.3 Å². The van der Waals surface area contributed by atoms with E-state index in [-0.39, 0.29) is 17.8 Å². The van der Waals surface area contributed by atoms with Gasteiger partial charge in [0.15, 0.2) is 0 Å². The van der Waals surface area contributed by atoms with Crippen molar-refractivity contribution in [3.05, 3.63) is 0 Å². The predicted molar refractivity (Wildman–Crippen MR) is 77.4 cm³/mol. The van der Waals surface area contributed by atoms with E-state index in [2.05, 4.69) is 20.8 Å². The van der Waals surface area contributed by atoms with Crippen LogP contribution in [0.4, 0.5) is 0 Å². The number of ether oxygens (including phenoxy) is 3. The van der Waals surface area contributed by atoms with Crippen molar-refractivity contribution in [2.24, 2.45) is 5.92 Å². The molecular formula is C15H32O4. The Labute approximate surface area is 118 Å². The van der Waals surface area contributed by atoms with Crippen LogP contribution in [0.3, 0.4) is 0 Å². The molecule has 0 rings (SSSR count). The zero-order valence-corrected chi connectivity index (χ0v) is 13.5. The molecule has 19 heavy (non-hydrogen) atoms. The molecule has 0 aromatic heterocycles. The molecule has 0 amide bonds. The van der Waals surface area contributed by atoms with E-state index in [1.165, 1.54) is 0 Å². The van der Waals surface area contributed by atoms with Crippen LogP contribution >= 0.6 is 0 Å². The Kier molecular flexibility index (Phi) is 8.83. The van der Waals surface area contributed by atoms with E-state index < -0.39 is 0 Å². The zero-order chi connectivity index (χ0) is 14.9. The van der Waals surface area contributed by atoms with Gasteiger partial charge in [0, 0.05) is 19.6 Å². The van der Waals surface area contributed by atoms with E-state index in [4.69, 9.17) is 19.3 Å². The van der Waals surface area contributed by atoms with Gasteiger partial charge in [-0.1, -0.05) is 6.92 Å². The summed E-state index contributed by atoms with van der Waals surface area (Å²) in [5, 5.41) is 8.94. The summed E-state index contributed by atoms with van der Waals surface area (Å²) >= 11 is 0. The summed E-state index contributed by atoms with van der Waals surface area (Å²) < 4.78 is 16.8. The maximum absolute atomic E-state index is 8.94. The highest BCUT2D eigenvalue weighted by atomic mass is 16.5. The first-order chi connectivity index (χ1) is 8.72. The number of aliphatic hydroxyl groups is 1. The van der Waals surface area contributed by atoms with Crippen LogP contribution < -0.4 is 0 Å². The third-order valence-corrected chi connectivity index (χ3v) is 3.12. The highest BCUT2D eigenvalue weighted by Crippen LogP contribution is 2.20. The lowest BCUT2D eigenvalue weighted by molar-refractivity contribution is -0.0867. The first-order valence-electron chi connectivity index (χ1n) is 7.10. The van der Waals surface area contributed by atoms with Crippen molar-refractivity contribution in [3.63, 3.8) is 0 Å². The van der Waals surface area contributed by atoms with Crippen LogP contribution in [0.5, 0.6) is 0 Å². The maximum atomic E-state index is 8.94. The third kappa shape index (κ3) is 10.3. The first kappa shape index (κ1) is 18.8. The van der Waals surface area contributed by atoms with E-state index in [9.17, 15) is 0 Å². The second kappa shape index (κ2) is 8.90. The van der Waals surface area contributed by atoms with Gasteiger partial charge >= 0.3 is 0 Å². The Balaban J connectivity index is 3.90. The van der Waals surface area contributed by atoms with Crippen molar-refractivity contribution < 1.29 is 19.3 Å². The van der Waals surface area contributed by atoms with E-state index >= 15 is 0 Å². The minimum atomic E-state index is -0.270. The largest absolute Gasteiger partial charge is 0.396 e. The molecule has 0 heterocycles. The molecule has 0 aliphatic heterocycles. The summed E-state index contributed by atoms with van der Waals surface area (Å²) in [6.07, 6.45) is 1.49. The molecule has 0 aliphatic carbocycles. The topological polar surface area (TPSA) is 47.9 Å². The van der Waals surface area contributed by atoms with Gasteiger partial charge in [-0.3, -0.25) is 0 Å². The van der Waals surface area contributed by atoms with Crippen LogP contribution in [0, 0.1) is 5.92 Å². The van der Waals surface area contributed by atoms with Crippen LogP contribution in [0.15, 0.2) is 0 Å². The third-order valence-electron chi connectivity index (χ3n) is 3.12. The van der Waals surface area contributed by atoms with Gasteiger partial charge in [-0.25, -0.2) is 0 Å². The fourth-order valence-corrected chi connectivity index (χ4v) is 1.69. The van der Waals surface area contributed by atoms with Crippen LogP contribution in [0.2, 0.25) is 0 Å². The fraction of sp³-hybridized carbons (Fsp3) is 1.00. The van der Waals surface area contributed by atoms with Crippen molar-refractivity contribution in [1.29, 1.82) is 0 Å². The molecule has 4 heteroatoms. The molecule has 0 aromatic rings. The molecule has 4 nitrogen and oxygen atoms in total. The first-order valence-corrected chi connectivity index (χ1v) is 7.10. The summed E-state index contributed by atoms with van der Waals surface area (Å²) in [6.45, 7) is 12.5. The standard InChI is InChI=1S/C15H32O4/c1-13(11-17-6)12-19-15(4,5)8-10-18-14(2,3)7-9-16/h13,16H,7-12H2,1-6H3. The van der Waals surface area contributed by atoms with Gasteiger partial charge in [0.05, 0.1) is 31.0 Å². The molecular weight excluding hydrogens is 244 g/mol. The summed E-state index contributed by atoms with van der Waals surface area (Å²) in [4.78, 5) is 0. The molecule has 1 unspecified atom stereocenters. The summed E-state index contributed by atoms with van der Waals surface area (Å²) in [6, 6.07) is 0. The van der Waals surface area contributed by atoms with Gasteiger partial charge in [0.2, 0.25) is 0 Å². The normalized spacial score (nSPS) is 14.7. The Bertz CT molecular complexity index is 226.